The highest BCUT2D eigenvalue weighted by Gasteiger charge is 2.17. The Morgan fingerprint density at radius 1 is 1.18 bits per heavy atom. The van der Waals surface area contributed by atoms with Crippen molar-refractivity contribution in [2.24, 2.45) is 0 Å². The van der Waals surface area contributed by atoms with E-state index in [2.05, 4.69) is 39.0 Å². The van der Waals surface area contributed by atoms with E-state index in [0.29, 0.717) is 0 Å². The average Bonchev–Trinajstić information content (AvgIpc) is 2.93. The maximum Gasteiger partial charge on any atom is 0.187 e. The molecule has 6 heteroatoms. The van der Waals surface area contributed by atoms with Crippen LogP contribution in [0.15, 0.2) is 17.6 Å². The first-order chi connectivity index (χ1) is 10.8. The number of rotatable bonds is 6. The Balaban J connectivity index is 1.60. The van der Waals surface area contributed by atoms with E-state index in [1.807, 2.05) is 12.4 Å². The molecule has 3 rings (SSSR count). The third kappa shape index (κ3) is 3.67. The normalized spacial score (nSPS) is 14.3. The summed E-state index contributed by atoms with van der Waals surface area (Å²) >= 11 is 1.67. The van der Waals surface area contributed by atoms with E-state index in [-0.39, 0.29) is 0 Å². The van der Waals surface area contributed by atoms with Gasteiger partial charge in [-0.25, -0.2) is 9.97 Å². The van der Waals surface area contributed by atoms with Crippen LogP contribution < -0.4 is 0 Å². The number of aryl methyl sites for hydroxylation is 1. The third-order valence-corrected chi connectivity index (χ3v) is 4.73. The number of aromatic amines is 1. The van der Waals surface area contributed by atoms with Crippen molar-refractivity contribution in [3.63, 3.8) is 0 Å². The van der Waals surface area contributed by atoms with E-state index in [9.17, 15) is 0 Å². The van der Waals surface area contributed by atoms with Crippen LogP contribution in [0.5, 0.6) is 0 Å². The van der Waals surface area contributed by atoms with Crippen LogP contribution in [0.2, 0.25) is 0 Å². The first-order valence-electron chi connectivity index (χ1n) is 7.93. The Kier molecular flexibility index (Phi) is 5.10. The lowest BCUT2D eigenvalue weighted by Crippen LogP contribution is -2.19. The number of nitrogens with zero attached hydrogens (tertiary/aromatic N) is 4. The summed E-state index contributed by atoms with van der Waals surface area (Å²) in [5.41, 5.74) is 5.15. The fraction of sp³-hybridized carbons (Fsp3) is 0.562. The summed E-state index contributed by atoms with van der Waals surface area (Å²) in [4.78, 5) is 11.1. The van der Waals surface area contributed by atoms with Crippen LogP contribution >= 0.6 is 11.8 Å². The predicted octanol–water partition coefficient (Wildman–Crippen LogP) is 2.82. The van der Waals surface area contributed by atoms with Gasteiger partial charge in [-0.1, -0.05) is 18.7 Å². The zero-order valence-corrected chi connectivity index (χ0v) is 14.1. The van der Waals surface area contributed by atoms with Crippen molar-refractivity contribution in [1.82, 2.24) is 25.1 Å². The smallest absolute Gasteiger partial charge is 0.187 e. The molecule has 2 aromatic rings. The zero-order chi connectivity index (χ0) is 15.4. The molecule has 0 amide bonds. The molecule has 0 saturated carbocycles. The summed E-state index contributed by atoms with van der Waals surface area (Å²) in [6.07, 6.45) is 8.75. The Hall–Kier alpha value is -1.40. The second-order valence-corrected chi connectivity index (χ2v) is 7.04. The molecule has 2 heterocycles. The number of hydrogen-bond donors (Lipinski definition) is 1. The van der Waals surface area contributed by atoms with Crippen LogP contribution in [0.3, 0.4) is 0 Å². The molecule has 0 unspecified atom stereocenters. The highest BCUT2D eigenvalue weighted by atomic mass is 32.2. The molecule has 1 N–H and O–H groups in total. The van der Waals surface area contributed by atoms with Crippen molar-refractivity contribution in [3.8, 4) is 0 Å². The van der Waals surface area contributed by atoms with Gasteiger partial charge in [0.15, 0.2) is 5.16 Å². The molecule has 0 spiro atoms. The zero-order valence-electron chi connectivity index (χ0n) is 13.3. The van der Waals surface area contributed by atoms with Gasteiger partial charge in [-0.05, 0) is 44.0 Å². The van der Waals surface area contributed by atoms with Crippen molar-refractivity contribution in [2.45, 2.75) is 50.9 Å². The van der Waals surface area contributed by atoms with Crippen molar-refractivity contribution in [2.75, 3.05) is 12.8 Å². The first kappa shape index (κ1) is 15.5. The molecule has 0 radical (unpaired) electrons. The van der Waals surface area contributed by atoms with Gasteiger partial charge in [-0.15, -0.1) is 0 Å². The molecule has 0 bridgehead atoms. The summed E-state index contributed by atoms with van der Waals surface area (Å²) in [7, 11) is 2.12. The van der Waals surface area contributed by atoms with E-state index in [0.717, 1.165) is 36.0 Å². The lowest BCUT2D eigenvalue weighted by atomic mass is 9.96. The number of thioether (sulfide) groups is 1. The Morgan fingerprint density at radius 3 is 2.73 bits per heavy atom. The molecule has 0 fully saturated rings. The number of H-pyrrole nitrogens is 1. The molecule has 22 heavy (non-hydrogen) atoms. The minimum absolute atomic E-state index is 0.846. The Bertz CT molecular complexity index is 607. The predicted molar refractivity (Wildman–Crippen MR) is 88.8 cm³/mol. The van der Waals surface area contributed by atoms with Crippen LogP contribution in [-0.4, -0.2) is 37.9 Å². The topological polar surface area (TPSA) is 57.7 Å². The van der Waals surface area contributed by atoms with Crippen LogP contribution in [0.1, 0.15) is 42.3 Å². The van der Waals surface area contributed by atoms with E-state index < -0.39 is 0 Å². The van der Waals surface area contributed by atoms with Gasteiger partial charge in [0.25, 0.3) is 0 Å². The van der Waals surface area contributed by atoms with Crippen molar-refractivity contribution < 1.29 is 0 Å². The van der Waals surface area contributed by atoms with Crippen LogP contribution in [-0.2, 0) is 25.9 Å². The van der Waals surface area contributed by atoms with Crippen molar-refractivity contribution >= 4 is 11.8 Å². The molecule has 0 saturated heterocycles. The van der Waals surface area contributed by atoms with E-state index >= 15 is 0 Å². The second kappa shape index (κ2) is 7.24. The van der Waals surface area contributed by atoms with E-state index in [1.54, 1.807) is 11.8 Å². The molecule has 0 aliphatic heterocycles. The monoisotopic (exact) mass is 317 g/mol. The molecular weight excluding hydrogens is 294 g/mol. The number of nitrogens with one attached hydrogen (secondary N) is 1. The Morgan fingerprint density at radius 2 is 1.95 bits per heavy atom. The quantitative estimate of drug-likeness (QED) is 0.656. The molecule has 2 aromatic heterocycles. The first-order valence-corrected chi connectivity index (χ1v) is 8.92. The number of aromatic nitrogens is 4. The highest BCUT2D eigenvalue weighted by Crippen LogP contribution is 2.23. The summed E-state index contributed by atoms with van der Waals surface area (Å²) in [5, 5.41) is 8.59. The van der Waals surface area contributed by atoms with Gasteiger partial charge in [0.05, 0.1) is 5.69 Å². The van der Waals surface area contributed by atoms with Gasteiger partial charge in [0.1, 0.15) is 0 Å². The third-order valence-electron chi connectivity index (χ3n) is 3.97. The van der Waals surface area contributed by atoms with Gasteiger partial charge in [-0.2, -0.15) is 5.10 Å². The average molecular weight is 317 g/mol. The molecule has 1 aliphatic rings. The largest absolute Gasteiger partial charge is 0.296 e. The summed E-state index contributed by atoms with van der Waals surface area (Å²) < 4.78 is 0. The van der Waals surface area contributed by atoms with Gasteiger partial charge < -0.3 is 0 Å². The lowest BCUT2D eigenvalue weighted by Gasteiger charge is -2.17. The standard InChI is InChI=1S/C16H23N5S/c1-3-22-16-17-8-12(9-18-16)10-21(2)11-15-13-6-4-5-7-14(13)19-20-15/h8-9H,3-7,10-11H2,1-2H3,(H,19,20). The summed E-state index contributed by atoms with van der Waals surface area (Å²) in [6.45, 7) is 3.83. The maximum atomic E-state index is 4.52. The fourth-order valence-corrected chi connectivity index (χ4v) is 3.44. The second-order valence-electron chi connectivity index (χ2n) is 5.81. The van der Waals surface area contributed by atoms with Crippen LogP contribution in [0.25, 0.3) is 0 Å². The van der Waals surface area contributed by atoms with E-state index in [1.165, 1.54) is 36.2 Å². The molecule has 118 valence electrons. The van der Waals surface area contributed by atoms with Gasteiger partial charge in [-0.3, -0.25) is 10.00 Å². The maximum absolute atomic E-state index is 4.52. The molecule has 0 aromatic carbocycles. The molecule has 5 nitrogen and oxygen atoms in total. The Labute approximate surface area is 135 Å². The highest BCUT2D eigenvalue weighted by molar-refractivity contribution is 7.99. The van der Waals surface area contributed by atoms with Crippen LogP contribution in [0, 0.1) is 0 Å². The summed E-state index contributed by atoms with van der Waals surface area (Å²) in [5.74, 6) is 1.00. The van der Waals surface area contributed by atoms with E-state index in [4.69, 9.17) is 0 Å². The molecule has 0 atom stereocenters. The minimum atomic E-state index is 0.846. The van der Waals surface area contributed by atoms with Gasteiger partial charge in [0.2, 0.25) is 0 Å². The lowest BCUT2D eigenvalue weighted by molar-refractivity contribution is 0.312. The van der Waals surface area contributed by atoms with Crippen molar-refractivity contribution in [3.05, 3.63) is 34.9 Å². The van der Waals surface area contributed by atoms with Gasteiger partial charge >= 0.3 is 0 Å². The fourth-order valence-electron chi connectivity index (χ4n) is 2.93. The molecule has 1 aliphatic carbocycles. The van der Waals surface area contributed by atoms with Crippen molar-refractivity contribution in [1.29, 1.82) is 0 Å². The number of hydrogen-bond acceptors (Lipinski definition) is 5. The minimum Gasteiger partial charge on any atom is -0.296 e. The summed E-state index contributed by atoms with van der Waals surface area (Å²) in [6, 6.07) is 0. The van der Waals surface area contributed by atoms with Crippen LogP contribution in [0.4, 0.5) is 0 Å². The van der Waals surface area contributed by atoms with Gasteiger partial charge in [0, 0.05) is 36.7 Å². The molecular formula is C16H23N5S. The number of fused-ring (bicyclic) bond motifs is 1. The SMILES string of the molecule is CCSc1ncc(CN(C)Cc2n[nH]c3c2CCCC3)cn1.